The van der Waals surface area contributed by atoms with Gasteiger partial charge >= 0.3 is 0 Å². The second-order valence-corrected chi connectivity index (χ2v) is 8.78. The van der Waals surface area contributed by atoms with Crippen molar-refractivity contribution in [1.82, 2.24) is 9.55 Å². The quantitative estimate of drug-likeness (QED) is 0.716. The lowest BCUT2D eigenvalue weighted by Gasteiger charge is -2.14. The Labute approximate surface area is 159 Å². The molecule has 0 saturated carbocycles. The minimum Gasteiger partial charge on any atom is -0.477 e. The molecule has 0 radical (unpaired) electrons. The van der Waals surface area contributed by atoms with Gasteiger partial charge in [-0.05, 0) is 30.4 Å². The van der Waals surface area contributed by atoms with E-state index in [9.17, 15) is 0 Å². The molecule has 2 rings (SSSR count). The molecule has 4 nitrogen and oxygen atoms in total. The summed E-state index contributed by atoms with van der Waals surface area (Å²) in [4.78, 5) is 11.8. The van der Waals surface area contributed by atoms with Gasteiger partial charge in [0.2, 0.25) is 5.88 Å². The smallest absolute Gasteiger partial charge is 0.223 e. The fourth-order valence-corrected chi connectivity index (χ4v) is 3.65. The zero-order valence-electron chi connectivity index (χ0n) is 15.9. The van der Waals surface area contributed by atoms with E-state index in [2.05, 4.69) is 50.4 Å². The van der Waals surface area contributed by atoms with Crippen LogP contribution in [0.25, 0.3) is 0 Å². The van der Waals surface area contributed by atoms with E-state index >= 15 is 0 Å². The van der Waals surface area contributed by atoms with Gasteiger partial charge in [0.1, 0.15) is 4.99 Å². The standard InChI is InChI=1S/C19H27N3OS2/c1-7-23-16-14(9-8-10-20-16)17(24)21-18-22(11-13(2)3)12-15(25-18)19(4,5)6/h8-10,12-13H,7,11H2,1-6H3/b21-18-. The second kappa shape index (κ2) is 8.23. The highest BCUT2D eigenvalue weighted by Gasteiger charge is 2.18. The number of ether oxygens (including phenoxy) is 1. The molecule has 6 heteroatoms. The number of pyridine rings is 1. The number of thiocarbonyl (C=S) groups is 1. The zero-order valence-corrected chi connectivity index (χ0v) is 17.5. The van der Waals surface area contributed by atoms with Gasteiger partial charge < -0.3 is 9.30 Å². The number of nitrogens with zero attached hydrogens (tertiary/aromatic N) is 3. The van der Waals surface area contributed by atoms with Gasteiger partial charge in [-0.15, -0.1) is 11.3 Å². The predicted molar refractivity (Wildman–Crippen MR) is 109 cm³/mol. The summed E-state index contributed by atoms with van der Waals surface area (Å²) < 4.78 is 7.80. The SMILES string of the molecule is CCOc1ncccc1C(=S)/N=c1\sc(C(C)(C)C)cn1CC(C)C. The summed E-state index contributed by atoms with van der Waals surface area (Å²) >= 11 is 7.29. The molecule has 2 heterocycles. The van der Waals surface area contributed by atoms with Crippen molar-refractivity contribution in [3.8, 4) is 5.88 Å². The Morgan fingerprint density at radius 3 is 2.72 bits per heavy atom. The molecule has 0 unspecified atom stereocenters. The van der Waals surface area contributed by atoms with Crippen molar-refractivity contribution >= 4 is 28.5 Å². The number of hydrogen-bond acceptors (Lipinski definition) is 4. The molecule has 0 N–H and O–H groups in total. The third-order valence-corrected chi connectivity index (χ3v) is 5.26. The summed E-state index contributed by atoms with van der Waals surface area (Å²) in [5.41, 5.74) is 0.852. The largest absolute Gasteiger partial charge is 0.477 e. The number of rotatable bonds is 5. The van der Waals surface area contributed by atoms with Crippen LogP contribution in [0.2, 0.25) is 0 Å². The van der Waals surface area contributed by atoms with Gasteiger partial charge in [0.15, 0.2) is 4.80 Å². The first-order valence-corrected chi connectivity index (χ1v) is 9.82. The molecule has 0 fully saturated rings. The van der Waals surface area contributed by atoms with Crippen molar-refractivity contribution in [2.75, 3.05) is 6.61 Å². The van der Waals surface area contributed by atoms with Crippen molar-refractivity contribution in [3.05, 3.63) is 39.8 Å². The van der Waals surface area contributed by atoms with Crippen LogP contribution in [0, 0.1) is 5.92 Å². The normalized spacial score (nSPS) is 12.7. The summed E-state index contributed by atoms with van der Waals surface area (Å²) in [5.74, 6) is 1.08. The van der Waals surface area contributed by atoms with Gasteiger partial charge in [-0.2, -0.15) is 0 Å². The molecule has 0 aliphatic rings. The molecule has 136 valence electrons. The third kappa shape index (κ3) is 5.22. The molecule has 2 aromatic heterocycles. The van der Waals surface area contributed by atoms with Crippen LogP contribution in [0.5, 0.6) is 5.88 Å². The first-order valence-electron chi connectivity index (χ1n) is 8.60. The van der Waals surface area contributed by atoms with Crippen LogP contribution in [0.1, 0.15) is 52.0 Å². The van der Waals surface area contributed by atoms with Crippen molar-refractivity contribution in [2.45, 2.75) is 53.5 Å². The van der Waals surface area contributed by atoms with Crippen LogP contribution < -0.4 is 9.54 Å². The van der Waals surface area contributed by atoms with E-state index in [0.717, 1.165) is 16.9 Å². The van der Waals surface area contributed by atoms with Crippen LogP contribution in [0.15, 0.2) is 29.5 Å². The summed E-state index contributed by atoms with van der Waals surface area (Å²) in [6.07, 6.45) is 3.91. The summed E-state index contributed by atoms with van der Waals surface area (Å²) in [5, 5.41) is 0. The summed E-state index contributed by atoms with van der Waals surface area (Å²) in [6.45, 7) is 14.5. The molecule has 0 aliphatic carbocycles. The maximum absolute atomic E-state index is 5.59. The second-order valence-electron chi connectivity index (χ2n) is 7.38. The summed E-state index contributed by atoms with van der Waals surface area (Å²) in [6, 6.07) is 3.77. The van der Waals surface area contributed by atoms with Crippen LogP contribution in [0.4, 0.5) is 0 Å². The molecule has 0 atom stereocenters. The van der Waals surface area contributed by atoms with Gasteiger partial charge in [0.25, 0.3) is 0 Å². The van der Waals surface area contributed by atoms with E-state index in [1.54, 1.807) is 17.5 Å². The Morgan fingerprint density at radius 2 is 2.12 bits per heavy atom. The van der Waals surface area contributed by atoms with E-state index in [1.165, 1.54) is 4.88 Å². The first-order chi connectivity index (χ1) is 11.7. The molecular formula is C19H27N3OS2. The Balaban J connectivity index is 2.49. The maximum Gasteiger partial charge on any atom is 0.223 e. The van der Waals surface area contributed by atoms with Gasteiger partial charge in [-0.1, -0.05) is 46.8 Å². The highest BCUT2D eigenvalue weighted by molar-refractivity contribution is 7.80. The number of hydrogen-bond donors (Lipinski definition) is 0. The minimum atomic E-state index is 0.0869. The number of aromatic nitrogens is 2. The van der Waals surface area contributed by atoms with Crippen molar-refractivity contribution < 1.29 is 4.74 Å². The first kappa shape index (κ1) is 19.8. The zero-order chi connectivity index (χ0) is 18.6. The molecule has 0 aliphatic heterocycles. The molecule has 2 aromatic rings. The maximum atomic E-state index is 5.59. The van der Waals surface area contributed by atoms with Gasteiger partial charge in [0.05, 0.1) is 12.2 Å². The molecule has 0 aromatic carbocycles. The van der Waals surface area contributed by atoms with Crippen molar-refractivity contribution in [2.24, 2.45) is 10.9 Å². The fourth-order valence-electron chi connectivity index (χ4n) is 2.29. The van der Waals surface area contributed by atoms with Crippen LogP contribution in [0.3, 0.4) is 0 Å². The van der Waals surface area contributed by atoms with Crippen molar-refractivity contribution in [1.29, 1.82) is 0 Å². The lowest BCUT2D eigenvalue weighted by atomic mass is 9.95. The monoisotopic (exact) mass is 377 g/mol. The average molecular weight is 378 g/mol. The lowest BCUT2D eigenvalue weighted by Crippen LogP contribution is -2.19. The van der Waals surface area contributed by atoms with E-state index in [1.807, 2.05) is 19.1 Å². The van der Waals surface area contributed by atoms with E-state index in [4.69, 9.17) is 21.9 Å². The molecule has 0 bridgehead atoms. The topological polar surface area (TPSA) is 39.4 Å². The van der Waals surface area contributed by atoms with Crippen LogP contribution >= 0.6 is 23.6 Å². The Bertz CT molecular complexity index is 797. The van der Waals surface area contributed by atoms with Gasteiger partial charge in [-0.25, -0.2) is 9.98 Å². The molecule has 0 spiro atoms. The predicted octanol–water partition coefficient (Wildman–Crippen LogP) is 4.57. The third-order valence-electron chi connectivity index (χ3n) is 3.50. The Kier molecular flexibility index (Phi) is 6.52. The van der Waals surface area contributed by atoms with E-state index < -0.39 is 0 Å². The molecule has 0 saturated heterocycles. The van der Waals surface area contributed by atoms with Crippen molar-refractivity contribution in [3.63, 3.8) is 0 Å². The van der Waals surface area contributed by atoms with Crippen LogP contribution in [-0.4, -0.2) is 21.1 Å². The molecule has 0 amide bonds. The lowest BCUT2D eigenvalue weighted by molar-refractivity contribution is 0.326. The Morgan fingerprint density at radius 1 is 1.40 bits per heavy atom. The van der Waals surface area contributed by atoms with E-state index in [0.29, 0.717) is 23.4 Å². The van der Waals surface area contributed by atoms with E-state index in [-0.39, 0.29) is 5.41 Å². The van der Waals surface area contributed by atoms with Crippen LogP contribution in [-0.2, 0) is 12.0 Å². The van der Waals surface area contributed by atoms with Gasteiger partial charge in [-0.3, -0.25) is 0 Å². The Hall–Kier alpha value is -1.53. The van der Waals surface area contributed by atoms with Gasteiger partial charge in [0, 0.05) is 23.8 Å². The highest BCUT2D eigenvalue weighted by Crippen LogP contribution is 2.25. The molecular weight excluding hydrogens is 350 g/mol. The highest BCUT2D eigenvalue weighted by atomic mass is 32.1. The summed E-state index contributed by atoms with van der Waals surface area (Å²) in [7, 11) is 0. The minimum absolute atomic E-state index is 0.0869. The molecule has 25 heavy (non-hydrogen) atoms. The number of thiazole rings is 1. The fraction of sp³-hybridized carbons (Fsp3) is 0.526. The average Bonchev–Trinajstić information content (AvgIpc) is 2.90.